The highest BCUT2D eigenvalue weighted by molar-refractivity contribution is 6.30. The van der Waals surface area contributed by atoms with E-state index in [4.69, 9.17) is 31.5 Å². The van der Waals surface area contributed by atoms with E-state index >= 15 is 8.78 Å². The van der Waals surface area contributed by atoms with Gasteiger partial charge in [0.15, 0.2) is 11.5 Å². The number of hydrogen-bond donors (Lipinski definition) is 1. The van der Waals surface area contributed by atoms with Crippen molar-refractivity contribution in [2.24, 2.45) is 0 Å². The number of ether oxygens (including phenoxy) is 3. The van der Waals surface area contributed by atoms with Crippen molar-refractivity contribution in [2.45, 2.75) is 37.1 Å². The number of aromatic nitrogens is 2. The molecule has 2 aromatic carbocycles. The zero-order valence-corrected chi connectivity index (χ0v) is 21.1. The maximum absolute atomic E-state index is 15.1. The lowest BCUT2D eigenvalue weighted by atomic mass is 9.87. The number of fused-ring (bicyclic) bond motifs is 1. The van der Waals surface area contributed by atoms with Gasteiger partial charge in [0.1, 0.15) is 5.82 Å². The minimum Gasteiger partial charge on any atom is -0.493 e. The van der Waals surface area contributed by atoms with E-state index in [-0.39, 0.29) is 18.4 Å². The summed E-state index contributed by atoms with van der Waals surface area (Å²) >= 11 is 6.15. The predicted octanol–water partition coefficient (Wildman–Crippen LogP) is 4.07. The molecular weight excluding hydrogens is 506 g/mol. The monoisotopic (exact) mass is 532 g/mol. The molecule has 11 heteroatoms. The van der Waals surface area contributed by atoms with Gasteiger partial charge in [-0.3, -0.25) is 9.47 Å². The van der Waals surface area contributed by atoms with Crippen LogP contribution >= 0.6 is 11.6 Å². The Morgan fingerprint density at radius 3 is 2.54 bits per heavy atom. The highest BCUT2D eigenvalue weighted by Crippen LogP contribution is 2.45. The zero-order chi connectivity index (χ0) is 26.3. The number of benzene rings is 2. The molecule has 5 rings (SSSR count). The molecule has 1 saturated heterocycles. The number of halogens is 3. The van der Waals surface area contributed by atoms with Crippen LogP contribution in [0.15, 0.2) is 53.5 Å². The first-order valence-electron chi connectivity index (χ1n) is 11.8. The second-order valence-corrected chi connectivity index (χ2v) is 9.66. The first-order chi connectivity index (χ1) is 17.7. The second-order valence-electron chi connectivity index (χ2n) is 9.22. The number of alkyl halides is 2. The molecule has 1 aromatic heterocycles. The SMILES string of the molecule is COc1cc2c(cc1OC)C(c1ccc(Cl)cc1)N(C[C@@H]1CC(F)(F)[C@H](n3ccc(N)nc3=O)O1)CC2. The minimum absolute atomic E-state index is 0.0380. The molecule has 0 bridgehead atoms. The third-order valence-electron chi connectivity index (χ3n) is 6.88. The summed E-state index contributed by atoms with van der Waals surface area (Å²) in [6.45, 7) is 0.833. The molecule has 37 heavy (non-hydrogen) atoms. The van der Waals surface area contributed by atoms with Crippen molar-refractivity contribution in [2.75, 3.05) is 33.0 Å². The van der Waals surface area contributed by atoms with Gasteiger partial charge in [0, 0.05) is 30.7 Å². The van der Waals surface area contributed by atoms with Crippen LogP contribution in [0.1, 0.15) is 35.4 Å². The fraction of sp³-hybridized carbons (Fsp3) is 0.385. The Bertz CT molecular complexity index is 1350. The van der Waals surface area contributed by atoms with Gasteiger partial charge in [0.05, 0.1) is 26.4 Å². The first kappa shape index (κ1) is 25.4. The standard InChI is InChI=1S/C26H27ClF2N4O4/c1-35-20-11-16-7-9-32(23(19(16)12-21(20)36-2)15-3-5-17(27)6-4-15)14-18-13-26(28,29)24(37-18)33-10-8-22(30)31-25(33)34/h3-6,8,10-12,18,23-24H,7,9,13-14H2,1-2H3,(H2,30,31,34)/t18-,23?,24+/m0/s1. The Balaban J connectivity index is 1.47. The number of methoxy groups -OCH3 is 2. The zero-order valence-electron chi connectivity index (χ0n) is 20.4. The molecule has 3 atom stereocenters. The molecule has 1 fully saturated rings. The number of rotatable bonds is 6. The molecule has 0 aliphatic carbocycles. The van der Waals surface area contributed by atoms with Crippen molar-refractivity contribution in [3.63, 3.8) is 0 Å². The van der Waals surface area contributed by atoms with Crippen LogP contribution in [0.3, 0.4) is 0 Å². The van der Waals surface area contributed by atoms with Gasteiger partial charge in [0.2, 0.25) is 6.23 Å². The summed E-state index contributed by atoms with van der Waals surface area (Å²) in [6.07, 6.45) is -1.22. The number of nitrogen functional groups attached to an aromatic ring is 1. The largest absolute Gasteiger partial charge is 0.493 e. The average molecular weight is 533 g/mol. The van der Waals surface area contributed by atoms with Crippen LogP contribution in [0.25, 0.3) is 0 Å². The molecule has 2 N–H and O–H groups in total. The van der Waals surface area contributed by atoms with Crippen LogP contribution in [0, 0.1) is 0 Å². The lowest BCUT2D eigenvalue weighted by Gasteiger charge is -2.39. The van der Waals surface area contributed by atoms with Gasteiger partial charge in [-0.15, -0.1) is 0 Å². The molecule has 2 aliphatic heterocycles. The number of hydrogen-bond acceptors (Lipinski definition) is 7. The van der Waals surface area contributed by atoms with Gasteiger partial charge < -0.3 is 19.9 Å². The van der Waals surface area contributed by atoms with Crippen molar-refractivity contribution in [3.05, 3.63) is 80.9 Å². The summed E-state index contributed by atoms with van der Waals surface area (Å²) in [5, 5.41) is 0.600. The molecule has 8 nitrogen and oxygen atoms in total. The smallest absolute Gasteiger partial charge is 0.351 e. The van der Waals surface area contributed by atoms with Crippen LogP contribution in [-0.2, 0) is 11.2 Å². The van der Waals surface area contributed by atoms with E-state index in [9.17, 15) is 4.79 Å². The van der Waals surface area contributed by atoms with Crippen LogP contribution in [-0.4, -0.2) is 53.8 Å². The molecule has 3 aromatic rings. The number of nitrogens with zero attached hydrogens (tertiary/aromatic N) is 3. The average Bonchev–Trinajstić information content (AvgIpc) is 3.17. The van der Waals surface area contributed by atoms with Gasteiger partial charge >= 0.3 is 5.69 Å². The van der Waals surface area contributed by atoms with E-state index in [0.717, 1.165) is 21.3 Å². The summed E-state index contributed by atoms with van der Waals surface area (Å²) in [5.74, 6) is -2.08. The molecule has 2 aliphatic rings. The summed E-state index contributed by atoms with van der Waals surface area (Å²) in [6, 6.07) is 12.4. The Hall–Kier alpha value is -3.21. The van der Waals surface area contributed by atoms with Gasteiger partial charge in [-0.25, -0.2) is 13.6 Å². The maximum Gasteiger partial charge on any atom is 0.351 e. The molecule has 196 valence electrons. The molecule has 0 saturated carbocycles. The third kappa shape index (κ3) is 4.88. The van der Waals surface area contributed by atoms with E-state index < -0.39 is 30.4 Å². The van der Waals surface area contributed by atoms with Gasteiger partial charge in [-0.2, -0.15) is 4.98 Å². The Morgan fingerprint density at radius 1 is 1.16 bits per heavy atom. The van der Waals surface area contributed by atoms with Crippen molar-refractivity contribution >= 4 is 17.4 Å². The highest BCUT2D eigenvalue weighted by atomic mass is 35.5. The van der Waals surface area contributed by atoms with Gasteiger partial charge in [-0.05, 0) is 53.4 Å². The molecular formula is C26H27ClF2N4O4. The fourth-order valence-corrected chi connectivity index (χ4v) is 5.33. The van der Waals surface area contributed by atoms with E-state index in [2.05, 4.69) is 9.88 Å². The highest BCUT2D eigenvalue weighted by Gasteiger charge is 2.52. The molecule has 0 radical (unpaired) electrons. The molecule has 3 heterocycles. The van der Waals surface area contributed by atoms with E-state index in [1.807, 2.05) is 24.3 Å². The van der Waals surface area contributed by atoms with Crippen LogP contribution in [0.2, 0.25) is 5.02 Å². The minimum atomic E-state index is -3.26. The summed E-state index contributed by atoms with van der Waals surface area (Å²) < 4.78 is 47.7. The first-order valence-corrected chi connectivity index (χ1v) is 12.2. The van der Waals surface area contributed by atoms with Gasteiger partial charge in [-0.1, -0.05) is 23.7 Å². The van der Waals surface area contributed by atoms with Crippen molar-refractivity contribution in [3.8, 4) is 11.5 Å². The van der Waals surface area contributed by atoms with Crippen LogP contribution < -0.4 is 20.9 Å². The van der Waals surface area contributed by atoms with Crippen molar-refractivity contribution in [1.82, 2.24) is 14.5 Å². The van der Waals surface area contributed by atoms with Crippen molar-refractivity contribution < 1.29 is 23.0 Å². The quantitative estimate of drug-likeness (QED) is 0.512. The molecule has 0 spiro atoms. The number of anilines is 1. The lowest BCUT2D eigenvalue weighted by molar-refractivity contribution is -0.119. The van der Waals surface area contributed by atoms with Crippen molar-refractivity contribution in [1.29, 1.82) is 0 Å². The van der Waals surface area contributed by atoms with E-state index in [0.29, 0.717) is 29.5 Å². The summed E-state index contributed by atoms with van der Waals surface area (Å²) in [5.41, 5.74) is 7.68. The Morgan fingerprint density at radius 2 is 1.86 bits per heavy atom. The summed E-state index contributed by atoms with van der Waals surface area (Å²) in [7, 11) is 3.16. The predicted molar refractivity (Wildman–Crippen MR) is 135 cm³/mol. The van der Waals surface area contributed by atoms with Gasteiger partial charge in [0.25, 0.3) is 5.92 Å². The summed E-state index contributed by atoms with van der Waals surface area (Å²) in [4.78, 5) is 17.9. The fourth-order valence-electron chi connectivity index (χ4n) is 5.21. The van der Waals surface area contributed by atoms with Crippen LogP contribution in [0.4, 0.5) is 14.6 Å². The molecule has 0 amide bonds. The normalized spacial score (nSPS) is 23.0. The lowest BCUT2D eigenvalue weighted by Crippen LogP contribution is -2.41. The number of nitrogens with two attached hydrogens (primary N) is 1. The maximum atomic E-state index is 15.1. The van der Waals surface area contributed by atoms with Crippen LogP contribution in [0.5, 0.6) is 11.5 Å². The van der Waals surface area contributed by atoms with E-state index in [1.54, 1.807) is 26.4 Å². The topological polar surface area (TPSA) is 91.8 Å². The third-order valence-corrected chi connectivity index (χ3v) is 7.14. The molecule has 1 unspecified atom stereocenters. The Labute approximate surface area is 217 Å². The second kappa shape index (κ2) is 9.92. The van der Waals surface area contributed by atoms with E-state index in [1.165, 1.54) is 12.3 Å². The Kier molecular flexibility index (Phi) is 6.82.